The topological polar surface area (TPSA) is 109 Å². The molecule has 0 saturated carbocycles. The van der Waals surface area contributed by atoms with E-state index in [1.54, 1.807) is 24.3 Å². The van der Waals surface area contributed by atoms with Gasteiger partial charge in [0, 0.05) is 13.0 Å². The van der Waals surface area contributed by atoms with Crippen LogP contribution in [0.25, 0.3) is 0 Å². The van der Waals surface area contributed by atoms with Gasteiger partial charge in [-0.15, -0.1) is 0 Å². The molecule has 0 saturated heterocycles. The molecule has 20 heavy (non-hydrogen) atoms. The summed E-state index contributed by atoms with van der Waals surface area (Å²) in [6.45, 7) is 0.177. The van der Waals surface area contributed by atoms with E-state index >= 15 is 0 Å². The molecule has 2 aromatic rings. The van der Waals surface area contributed by atoms with Crippen molar-refractivity contribution < 1.29 is 12.9 Å². The Labute approximate surface area is 116 Å². The number of rotatable bonds is 6. The van der Waals surface area contributed by atoms with Gasteiger partial charge in [0.1, 0.15) is 0 Å². The highest BCUT2D eigenvalue weighted by molar-refractivity contribution is 7.88. The van der Waals surface area contributed by atoms with Crippen LogP contribution in [0.2, 0.25) is 0 Å². The van der Waals surface area contributed by atoms with Crippen molar-refractivity contribution in [1.82, 2.24) is 14.9 Å². The van der Waals surface area contributed by atoms with Gasteiger partial charge in [0.25, 0.3) is 0 Å². The summed E-state index contributed by atoms with van der Waals surface area (Å²) in [4.78, 5) is 3.79. The first kappa shape index (κ1) is 14.2. The second-order valence-corrected chi connectivity index (χ2v) is 5.83. The number of nitrogens with one attached hydrogen (secondary N) is 1. The lowest BCUT2D eigenvalue weighted by molar-refractivity contribution is 0.410. The minimum absolute atomic E-state index is 0.177. The maximum atomic E-state index is 11.9. The maximum Gasteiger partial charge on any atom is 0.215 e. The highest BCUT2D eigenvalue weighted by Gasteiger charge is 2.14. The molecule has 0 radical (unpaired) electrons. The Morgan fingerprint density at radius 1 is 1.35 bits per heavy atom. The maximum absolute atomic E-state index is 11.9. The van der Waals surface area contributed by atoms with E-state index in [1.165, 1.54) is 6.39 Å². The Kier molecular flexibility index (Phi) is 4.45. The molecule has 0 aliphatic carbocycles. The van der Waals surface area contributed by atoms with Crippen molar-refractivity contribution in [2.24, 2.45) is 0 Å². The zero-order valence-corrected chi connectivity index (χ0v) is 11.3. The van der Waals surface area contributed by atoms with Gasteiger partial charge >= 0.3 is 0 Å². The van der Waals surface area contributed by atoms with E-state index in [-0.39, 0.29) is 12.3 Å². The van der Waals surface area contributed by atoms with Crippen molar-refractivity contribution in [3.8, 4) is 6.07 Å². The van der Waals surface area contributed by atoms with Crippen molar-refractivity contribution in [1.29, 1.82) is 5.26 Å². The largest absolute Gasteiger partial charge is 0.343 e. The smallest absolute Gasteiger partial charge is 0.215 e. The van der Waals surface area contributed by atoms with E-state index < -0.39 is 10.0 Å². The monoisotopic (exact) mass is 292 g/mol. The van der Waals surface area contributed by atoms with Gasteiger partial charge in [-0.05, 0) is 11.6 Å². The molecule has 0 fully saturated rings. The summed E-state index contributed by atoms with van der Waals surface area (Å²) < 4.78 is 30.8. The van der Waals surface area contributed by atoms with Gasteiger partial charge < -0.3 is 4.52 Å². The third-order valence-corrected chi connectivity index (χ3v) is 3.90. The molecule has 7 nitrogen and oxygen atoms in total. The molecule has 0 spiro atoms. The quantitative estimate of drug-likeness (QED) is 0.835. The highest BCUT2D eigenvalue weighted by Crippen LogP contribution is 2.10. The molecule has 1 heterocycles. The molecular formula is C12H12N4O3S. The Bertz CT molecular complexity index is 705. The van der Waals surface area contributed by atoms with Gasteiger partial charge in [-0.25, -0.2) is 13.1 Å². The van der Waals surface area contributed by atoms with E-state index in [1.807, 2.05) is 6.07 Å². The predicted molar refractivity (Wildman–Crippen MR) is 69.8 cm³/mol. The second-order valence-electron chi connectivity index (χ2n) is 4.02. The first-order valence-corrected chi connectivity index (χ1v) is 7.46. The van der Waals surface area contributed by atoms with E-state index in [9.17, 15) is 8.42 Å². The van der Waals surface area contributed by atoms with Crippen molar-refractivity contribution in [3.63, 3.8) is 0 Å². The minimum Gasteiger partial charge on any atom is -0.343 e. The van der Waals surface area contributed by atoms with E-state index in [4.69, 9.17) is 5.26 Å². The van der Waals surface area contributed by atoms with Crippen LogP contribution in [0.3, 0.4) is 0 Å². The van der Waals surface area contributed by atoms with Crippen LogP contribution in [-0.2, 0) is 22.2 Å². The fourth-order valence-electron chi connectivity index (χ4n) is 1.63. The summed E-state index contributed by atoms with van der Waals surface area (Å²) in [6, 6.07) is 8.57. The zero-order valence-electron chi connectivity index (χ0n) is 10.5. The van der Waals surface area contributed by atoms with Gasteiger partial charge in [-0.1, -0.05) is 23.4 Å². The number of aromatic nitrogens is 2. The van der Waals surface area contributed by atoms with Crippen molar-refractivity contribution in [2.75, 3.05) is 6.54 Å². The standard InChI is InChI=1S/C12H12N4O3S/c13-7-10-3-1-2-4-11(10)8-20(17,18)15-6-5-12-14-9-19-16-12/h1-4,9,15H,5-6,8H2. The molecule has 2 rings (SSSR count). The molecule has 0 aliphatic heterocycles. The summed E-state index contributed by atoms with van der Waals surface area (Å²) in [5, 5.41) is 12.5. The van der Waals surface area contributed by atoms with Crippen LogP contribution in [-0.4, -0.2) is 25.1 Å². The number of hydrogen-bond donors (Lipinski definition) is 1. The van der Waals surface area contributed by atoms with Gasteiger partial charge in [-0.3, -0.25) is 0 Å². The van der Waals surface area contributed by atoms with Crippen molar-refractivity contribution in [3.05, 3.63) is 47.6 Å². The molecule has 104 valence electrons. The fraction of sp³-hybridized carbons (Fsp3) is 0.250. The average Bonchev–Trinajstić information content (AvgIpc) is 2.92. The molecule has 1 aromatic carbocycles. The van der Waals surface area contributed by atoms with Crippen molar-refractivity contribution >= 4 is 10.0 Å². The Balaban J connectivity index is 1.95. The van der Waals surface area contributed by atoms with Crippen LogP contribution < -0.4 is 4.72 Å². The number of sulfonamides is 1. The van der Waals surface area contributed by atoms with Gasteiger partial charge in [0.05, 0.1) is 17.4 Å². The van der Waals surface area contributed by atoms with Gasteiger partial charge in [0.2, 0.25) is 16.4 Å². The summed E-state index contributed by atoms with van der Waals surface area (Å²) in [7, 11) is -3.51. The molecular weight excluding hydrogens is 280 g/mol. The summed E-state index contributed by atoms with van der Waals surface area (Å²) in [5.74, 6) is 0.202. The molecule has 0 atom stereocenters. The van der Waals surface area contributed by atoms with Crippen LogP contribution >= 0.6 is 0 Å². The van der Waals surface area contributed by atoms with Crippen LogP contribution in [0.15, 0.2) is 35.2 Å². The van der Waals surface area contributed by atoms with Gasteiger partial charge in [-0.2, -0.15) is 10.2 Å². The van der Waals surface area contributed by atoms with Crippen LogP contribution in [0.4, 0.5) is 0 Å². The van der Waals surface area contributed by atoms with E-state index in [0.717, 1.165) is 0 Å². The summed E-state index contributed by atoms with van der Waals surface area (Å²) in [5.41, 5.74) is 0.832. The number of nitrogens with zero attached hydrogens (tertiary/aromatic N) is 3. The fourth-order valence-corrected chi connectivity index (χ4v) is 2.81. The normalized spacial score (nSPS) is 11.2. The first-order chi connectivity index (χ1) is 9.61. The third-order valence-electron chi connectivity index (χ3n) is 2.56. The van der Waals surface area contributed by atoms with E-state index in [2.05, 4.69) is 19.4 Å². The second kappa shape index (κ2) is 6.27. The number of hydrogen-bond acceptors (Lipinski definition) is 6. The predicted octanol–water partition coefficient (Wildman–Crippen LogP) is 0.603. The SMILES string of the molecule is N#Cc1ccccc1CS(=O)(=O)NCCc1ncon1. The van der Waals surface area contributed by atoms with E-state index in [0.29, 0.717) is 23.4 Å². The molecule has 0 unspecified atom stereocenters. The first-order valence-electron chi connectivity index (χ1n) is 5.81. The highest BCUT2D eigenvalue weighted by atomic mass is 32.2. The Morgan fingerprint density at radius 3 is 2.85 bits per heavy atom. The number of nitriles is 1. The Hall–Kier alpha value is -2.24. The van der Waals surface area contributed by atoms with Gasteiger partial charge in [0.15, 0.2) is 5.82 Å². The van der Waals surface area contributed by atoms with Crippen LogP contribution in [0.1, 0.15) is 17.0 Å². The van der Waals surface area contributed by atoms with Crippen LogP contribution in [0, 0.1) is 11.3 Å². The molecule has 1 aromatic heterocycles. The molecule has 0 bridgehead atoms. The lowest BCUT2D eigenvalue weighted by Gasteiger charge is -2.06. The lowest BCUT2D eigenvalue weighted by atomic mass is 10.1. The molecule has 0 amide bonds. The summed E-state index contributed by atoms with van der Waals surface area (Å²) in [6.07, 6.45) is 1.53. The Morgan fingerprint density at radius 2 is 2.15 bits per heavy atom. The average molecular weight is 292 g/mol. The van der Waals surface area contributed by atoms with Crippen LogP contribution in [0.5, 0.6) is 0 Å². The molecule has 0 aliphatic rings. The minimum atomic E-state index is -3.51. The van der Waals surface area contributed by atoms with Crippen molar-refractivity contribution in [2.45, 2.75) is 12.2 Å². The zero-order chi connectivity index (χ0) is 14.4. The third kappa shape index (κ3) is 3.88. The molecule has 1 N–H and O–H groups in total. The summed E-state index contributed by atoms with van der Waals surface area (Å²) >= 11 is 0. The number of benzene rings is 1. The molecule has 8 heteroatoms. The lowest BCUT2D eigenvalue weighted by Crippen LogP contribution is -2.27.